The van der Waals surface area contributed by atoms with Crippen LogP contribution in [0.4, 0.5) is 4.79 Å². The van der Waals surface area contributed by atoms with Crippen LogP contribution < -0.4 is 10.6 Å². The summed E-state index contributed by atoms with van der Waals surface area (Å²) >= 11 is 0. The van der Waals surface area contributed by atoms with Crippen molar-refractivity contribution in [3.8, 4) is 0 Å². The first-order valence-corrected chi connectivity index (χ1v) is 8.00. The molecule has 8 heteroatoms. The summed E-state index contributed by atoms with van der Waals surface area (Å²) in [6, 6.07) is 8.13. The molecule has 2 amide bonds. The van der Waals surface area contributed by atoms with Gasteiger partial charge in [0.1, 0.15) is 6.61 Å². The summed E-state index contributed by atoms with van der Waals surface area (Å²) in [5, 5.41) is 5.18. The van der Waals surface area contributed by atoms with Gasteiger partial charge in [0.05, 0.1) is 26.4 Å². The van der Waals surface area contributed by atoms with Gasteiger partial charge in [0.15, 0.2) is 6.04 Å². The Morgan fingerprint density at radius 2 is 2.08 bits per heavy atom. The van der Waals surface area contributed by atoms with Crippen LogP contribution >= 0.6 is 0 Å². The lowest BCUT2D eigenvalue weighted by Crippen LogP contribution is -2.45. The number of carbonyl (C=O) groups excluding carboxylic acids is 3. The number of amides is 2. The van der Waals surface area contributed by atoms with Gasteiger partial charge in [0.25, 0.3) is 0 Å². The Morgan fingerprint density at radius 3 is 2.72 bits per heavy atom. The molecular weight excluding hydrogens is 328 g/mol. The standard InChI is InChI=1S/C17H22N2O6/c1-23-16(21)14(11-24-10-13-7-8-15(20)18-13)19-17(22)25-9-12-5-3-2-4-6-12/h2-6,13-14H,7-11H2,1H3,(H,18,20)(H,19,22)/t13-,14-/m0/s1. The topological polar surface area (TPSA) is 103 Å². The zero-order valence-corrected chi connectivity index (χ0v) is 14.0. The second-order valence-corrected chi connectivity index (χ2v) is 5.62. The van der Waals surface area contributed by atoms with Gasteiger partial charge in [-0.05, 0) is 12.0 Å². The summed E-state index contributed by atoms with van der Waals surface area (Å²) in [7, 11) is 1.23. The van der Waals surface area contributed by atoms with Crippen molar-refractivity contribution in [3.63, 3.8) is 0 Å². The number of carbonyl (C=O) groups is 3. The van der Waals surface area contributed by atoms with Gasteiger partial charge >= 0.3 is 12.1 Å². The molecular formula is C17H22N2O6. The molecule has 1 aliphatic heterocycles. The molecule has 0 aliphatic carbocycles. The quantitative estimate of drug-likeness (QED) is 0.671. The van der Waals surface area contributed by atoms with Crippen molar-refractivity contribution in [2.45, 2.75) is 31.5 Å². The number of methoxy groups -OCH3 is 1. The molecule has 1 fully saturated rings. The van der Waals surface area contributed by atoms with Crippen molar-refractivity contribution in [2.24, 2.45) is 0 Å². The summed E-state index contributed by atoms with van der Waals surface area (Å²) in [6.45, 7) is 0.287. The number of benzene rings is 1. The summed E-state index contributed by atoms with van der Waals surface area (Å²) in [5.74, 6) is -0.646. The zero-order valence-electron chi connectivity index (χ0n) is 14.0. The van der Waals surface area contributed by atoms with E-state index in [4.69, 9.17) is 9.47 Å². The molecule has 0 spiro atoms. The maximum absolute atomic E-state index is 11.9. The van der Waals surface area contributed by atoms with Gasteiger partial charge in [-0.2, -0.15) is 0 Å². The molecule has 1 aromatic rings. The van der Waals surface area contributed by atoms with E-state index >= 15 is 0 Å². The highest BCUT2D eigenvalue weighted by molar-refractivity contribution is 5.81. The number of rotatable bonds is 8. The van der Waals surface area contributed by atoms with Crippen LogP contribution in [0.3, 0.4) is 0 Å². The van der Waals surface area contributed by atoms with Crippen molar-refractivity contribution in [1.82, 2.24) is 10.6 Å². The number of hydrogen-bond acceptors (Lipinski definition) is 6. The molecule has 2 rings (SSSR count). The molecule has 1 aromatic carbocycles. The second-order valence-electron chi connectivity index (χ2n) is 5.62. The minimum atomic E-state index is -0.981. The van der Waals surface area contributed by atoms with Gasteiger partial charge in [-0.25, -0.2) is 9.59 Å². The van der Waals surface area contributed by atoms with Gasteiger partial charge in [-0.1, -0.05) is 30.3 Å². The van der Waals surface area contributed by atoms with Crippen LogP contribution in [-0.4, -0.2) is 50.4 Å². The molecule has 0 aromatic heterocycles. The molecule has 1 aliphatic rings. The Kier molecular flexibility index (Phi) is 7.21. The van der Waals surface area contributed by atoms with E-state index in [2.05, 4.69) is 15.4 Å². The molecule has 2 atom stereocenters. The predicted molar refractivity (Wildman–Crippen MR) is 87.6 cm³/mol. The molecule has 8 nitrogen and oxygen atoms in total. The molecule has 136 valence electrons. The molecule has 1 saturated heterocycles. The van der Waals surface area contributed by atoms with Crippen LogP contribution in [0.1, 0.15) is 18.4 Å². The summed E-state index contributed by atoms with van der Waals surface area (Å²) < 4.78 is 15.2. The first kappa shape index (κ1) is 18.7. The lowest BCUT2D eigenvalue weighted by atomic mass is 10.2. The Morgan fingerprint density at radius 1 is 1.32 bits per heavy atom. The molecule has 0 saturated carbocycles. The Bertz CT molecular complexity index is 592. The molecule has 0 radical (unpaired) electrons. The number of esters is 1. The Labute approximate surface area is 145 Å². The van der Waals surface area contributed by atoms with Gasteiger partial charge < -0.3 is 24.8 Å². The maximum atomic E-state index is 11.9. The van der Waals surface area contributed by atoms with E-state index in [1.165, 1.54) is 7.11 Å². The fourth-order valence-corrected chi connectivity index (χ4v) is 2.35. The van der Waals surface area contributed by atoms with Crippen LogP contribution in [-0.2, 0) is 30.4 Å². The fraction of sp³-hybridized carbons (Fsp3) is 0.471. The van der Waals surface area contributed by atoms with Gasteiger partial charge in [-0.3, -0.25) is 4.79 Å². The normalized spacial score (nSPS) is 17.5. The molecule has 0 unspecified atom stereocenters. The number of alkyl carbamates (subject to hydrolysis) is 1. The molecule has 0 bridgehead atoms. The van der Waals surface area contributed by atoms with E-state index in [1.807, 2.05) is 30.3 Å². The lowest BCUT2D eigenvalue weighted by molar-refractivity contribution is -0.144. The van der Waals surface area contributed by atoms with E-state index in [9.17, 15) is 14.4 Å². The molecule has 2 N–H and O–H groups in total. The zero-order chi connectivity index (χ0) is 18.1. The number of ether oxygens (including phenoxy) is 3. The minimum absolute atomic E-state index is 0.0132. The van der Waals surface area contributed by atoms with E-state index in [0.717, 1.165) is 5.56 Å². The number of hydrogen-bond donors (Lipinski definition) is 2. The third kappa shape index (κ3) is 6.42. The second kappa shape index (κ2) is 9.63. The van der Waals surface area contributed by atoms with Crippen LogP contribution in [0.5, 0.6) is 0 Å². The third-order valence-corrected chi connectivity index (χ3v) is 3.68. The summed E-state index contributed by atoms with van der Waals surface area (Å²) in [4.78, 5) is 34.7. The van der Waals surface area contributed by atoms with Crippen LogP contribution in [0.25, 0.3) is 0 Å². The SMILES string of the molecule is COC(=O)[C@H](COC[C@@H]1CCC(=O)N1)NC(=O)OCc1ccccc1. The third-order valence-electron chi connectivity index (χ3n) is 3.68. The van der Waals surface area contributed by atoms with Gasteiger partial charge in [0, 0.05) is 6.42 Å². The van der Waals surface area contributed by atoms with E-state index in [1.54, 1.807) is 0 Å². The van der Waals surface area contributed by atoms with E-state index in [0.29, 0.717) is 12.8 Å². The smallest absolute Gasteiger partial charge is 0.408 e. The minimum Gasteiger partial charge on any atom is -0.467 e. The Balaban J connectivity index is 1.75. The average Bonchev–Trinajstić information content (AvgIpc) is 3.04. The highest BCUT2D eigenvalue weighted by Crippen LogP contribution is 2.07. The maximum Gasteiger partial charge on any atom is 0.408 e. The summed E-state index contributed by atoms with van der Waals surface area (Å²) in [6.07, 6.45) is 0.421. The van der Waals surface area contributed by atoms with Crippen molar-refractivity contribution < 1.29 is 28.6 Å². The van der Waals surface area contributed by atoms with Crippen LogP contribution in [0.2, 0.25) is 0 Å². The largest absolute Gasteiger partial charge is 0.467 e. The van der Waals surface area contributed by atoms with Crippen molar-refractivity contribution >= 4 is 18.0 Å². The first-order chi connectivity index (χ1) is 12.1. The van der Waals surface area contributed by atoms with Crippen molar-refractivity contribution in [2.75, 3.05) is 20.3 Å². The van der Waals surface area contributed by atoms with Gasteiger partial charge in [0.2, 0.25) is 5.91 Å². The van der Waals surface area contributed by atoms with Crippen LogP contribution in [0, 0.1) is 0 Å². The average molecular weight is 350 g/mol. The first-order valence-electron chi connectivity index (χ1n) is 8.00. The van der Waals surface area contributed by atoms with Crippen molar-refractivity contribution in [3.05, 3.63) is 35.9 Å². The molecule has 1 heterocycles. The highest BCUT2D eigenvalue weighted by Gasteiger charge is 2.25. The van der Waals surface area contributed by atoms with E-state index < -0.39 is 18.1 Å². The summed E-state index contributed by atoms with van der Waals surface area (Å²) in [5.41, 5.74) is 0.834. The fourth-order valence-electron chi connectivity index (χ4n) is 2.35. The highest BCUT2D eigenvalue weighted by atomic mass is 16.6. The lowest BCUT2D eigenvalue weighted by Gasteiger charge is -2.18. The van der Waals surface area contributed by atoms with Crippen LogP contribution in [0.15, 0.2) is 30.3 Å². The molecule has 25 heavy (non-hydrogen) atoms. The van der Waals surface area contributed by atoms with Crippen molar-refractivity contribution in [1.29, 1.82) is 0 Å². The van der Waals surface area contributed by atoms with E-state index in [-0.39, 0.29) is 31.8 Å². The predicted octanol–water partition coefficient (Wildman–Crippen LogP) is 0.750. The monoisotopic (exact) mass is 350 g/mol. The number of nitrogens with one attached hydrogen (secondary N) is 2. The van der Waals surface area contributed by atoms with Gasteiger partial charge in [-0.15, -0.1) is 0 Å². The Hall–Kier alpha value is -2.61.